The first kappa shape index (κ1) is 14.5. The third kappa shape index (κ3) is 2.69. The van der Waals surface area contributed by atoms with Crippen LogP contribution >= 0.6 is 23.2 Å². The second-order valence-corrected chi connectivity index (χ2v) is 6.40. The van der Waals surface area contributed by atoms with Crippen molar-refractivity contribution in [1.82, 2.24) is 14.8 Å². The van der Waals surface area contributed by atoms with Crippen molar-refractivity contribution in [3.05, 3.63) is 76.0 Å². The van der Waals surface area contributed by atoms with E-state index in [1.54, 1.807) is 12.4 Å². The molecule has 1 aliphatic rings. The van der Waals surface area contributed by atoms with Crippen LogP contribution < -0.4 is 5.32 Å². The van der Waals surface area contributed by atoms with Gasteiger partial charge in [-0.1, -0.05) is 59.6 Å². The molecule has 3 aromatic rings. The van der Waals surface area contributed by atoms with Crippen LogP contribution in [0.5, 0.6) is 0 Å². The molecule has 0 saturated heterocycles. The van der Waals surface area contributed by atoms with E-state index >= 15 is 0 Å². The van der Waals surface area contributed by atoms with Gasteiger partial charge in [-0.15, -0.1) is 0 Å². The van der Waals surface area contributed by atoms with Gasteiger partial charge >= 0.3 is 0 Å². The maximum absolute atomic E-state index is 6.42. The van der Waals surface area contributed by atoms with E-state index in [1.807, 2.05) is 35.0 Å². The molecule has 0 radical (unpaired) electrons. The zero-order valence-electron chi connectivity index (χ0n) is 12.2. The van der Waals surface area contributed by atoms with E-state index in [-0.39, 0.29) is 12.1 Å². The van der Waals surface area contributed by atoms with Gasteiger partial charge in [0.05, 0.1) is 12.1 Å². The van der Waals surface area contributed by atoms with E-state index in [2.05, 4.69) is 27.5 Å². The first-order chi connectivity index (χ1) is 11.2. The van der Waals surface area contributed by atoms with E-state index in [9.17, 15) is 0 Å². The average Bonchev–Trinajstić information content (AvgIpc) is 3.03. The number of halogens is 2. The molecule has 2 atom stereocenters. The number of hydrogen-bond acceptors (Lipinski definition) is 3. The summed E-state index contributed by atoms with van der Waals surface area (Å²) in [6, 6.07) is 16.1. The normalized spacial score (nSPS) is 19.9. The Hall–Kier alpha value is -2.04. The largest absolute Gasteiger partial charge is 0.348 e. The summed E-state index contributed by atoms with van der Waals surface area (Å²) in [5.41, 5.74) is 2.22. The highest BCUT2D eigenvalue weighted by Gasteiger charge is 2.30. The van der Waals surface area contributed by atoms with Crippen LogP contribution in [0.2, 0.25) is 10.0 Å². The van der Waals surface area contributed by atoms with E-state index in [1.165, 1.54) is 5.56 Å². The zero-order chi connectivity index (χ0) is 15.8. The first-order valence-electron chi connectivity index (χ1n) is 7.38. The van der Waals surface area contributed by atoms with Gasteiger partial charge in [-0.2, -0.15) is 10.1 Å². The quantitative estimate of drug-likeness (QED) is 0.730. The van der Waals surface area contributed by atoms with Crippen LogP contribution in [0.3, 0.4) is 0 Å². The summed E-state index contributed by atoms with van der Waals surface area (Å²) in [6.07, 6.45) is 2.40. The average molecular weight is 345 g/mol. The molecule has 4 nitrogen and oxygen atoms in total. The molecule has 116 valence electrons. The minimum Gasteiger partial charge on any atom is -0.348 e. The number of fused-ring (bicyclic) bond motifs is 1. The van der Waals surface area contributed by atoms with Crippen molar-refractivity contribution in [3.8, 4) is 0 Å². The molecule has 0 bridgehead atoms. The number of nitrogens with zero attached hydrogens (tertiary/aromatic N) is 3. The Morgan fingerprint density at radius 3 is 2.70 bits per heavy atom. The molecule has 4 rings (SSSR count). The SMILES string of the molecule is Clc1ccc([C@H]2C[C@H](c3ccccc3)Nc3ncnn32)c(Cl)c1. The molecule has 2 aromatic carbocycles. The molecule has 0 saturated carbocycles. The summed E-state index contributed by atoms with van der Waals surface area (Å²) in [5.74, 6) is 0.751. The standard InChI is InChI=1S/C17H14Cl2N4/c18-12-6-7-13(14(19)8-12)16-9-15(11-4-2-1-3-5-11)22-17-20-10-21-23(16)17/h1-8,10,15-16H,9H2,(H,20,21,22)/t15-,16-/m1/s1. The number of hydrogen-bond donors (Lipinski definition) is 1. The summed E-state index contributed by atoms with van der Waals surface area (Å²) in [5, 5.41) is 9.08. The highest BCUT2D eigenvalue weighted by Crippen LogP contribution is 2.39. The Morgan fingerprint density at radius 1 is 1.09 bits per heavy atom. The van der Waals surface area contributed by atoms with Crippen molar-refractivity contribution >= 4 is 29.2 Å². The van der Waals surface area contributed by atoms with Crippen LogP contribution in [0.4, 0.5) is 5.95 Å². The van der Waals surface area contributed by atoms with Gasteiger partial charge in [0.15, 0.2) is 0 Å². The monoisotopic (exact) mass is 344 g/mol. The Labute approximate surface area is 144 Å². The summed E-state index contributed by atoms with van der Waals surface area (Å²) in [7, 11) is 0. The minimum absolute atomic E-state index is 0.0173. The van der Waals surface area contributed by atoms with Gasteiger partial charge in [-0.25, -0.2) is 4.68 Å². The molecule has 23 heavy (non-hydrogen) atoms. The predicted octanol–water partition coefficient (Wildman–Crippen LogP) is 4.73. The van der Waals surface area contributed by atoms with E-state index in [4.69, 9.17) is 23.2 Å². The molecule has 1 N–H and O–H groups in total. The van der Waals surface area contributed by atoms with Crippen molar-refractivity contribution in [2.24, 2.45) is 0 Å². The van der Waals surface area contributed by atoms with Gasteiger partial charge in [0, 0.05) is 10.0 Å². The van der Waals surface area contributed by atoms with Crippen LogP contribution in [0, 0.1) is 0 Å². The van der Waals surface area contributed by atoms with Crippen LogP contribution in [0.1, 0.15) is 29.6 Å². The fraction of sp³-hybridized carbons (Fsp3) is 0.176. The van der Waals surface area contributed by atoms with E-state index in [0.29, 0.717) is 10.0 Å². The summed E-state index contributed by atoms with van der Waals surface area (Å²) >= 11 is 12.5. The molecule has 1 aromatic heterocycles. The van der Waals surface area contributed by atoms with Gasteiger partial charge in [0.2, 0.25) is 5.95 Å². The Balaban J connectivity index is 1.77. The van der Waals surface area contributed by atoms with E-state index < -0.39 is 0 Å². The summed E-state index contributed by atoms with van der Waals surface area (Å²) < 4.78 is 1.88. The zero-order valence-corrected chi connectivity index (χ0v) is 13.7. The van der Waals surface area contributed by atoms with Gasteiger partial charge in [0.25, 0.3) is 0 Å². The number of nitrogens with one attached hydrogen (secondary N) is 1. The third-order valence-corrected chi connectivity index (χ3v) is 4.72. The number of rotatable bonds is 2. The van der Waals surface area contributed by atoms with Crippen molar-refractivity contribution in [1.29, 1.82) is 0 Å². The molecule has 0 aliphatic carbocycles. The maximum atomic E-state index is 6.42. The predicted molar refractivity (Wildman–Crippen MR) is 92.0 cm³/mol. The Morgan fingerprint density at radius 2 is 1.91 bits per heavy atom. The van der Waals surface area contributed by atoms with Crippen molar-refractivity contribution < 1.29 is 0 Å². The lowest BCUT2D eigenvalue weighted by Crippen LogP contribution is -2.28. The lowest BCUT2D eigenvalue weighted by atomic mass is 9.93. The molecule has 1 aliphatic heterocycles. The molecular weight excluding hydrogens is 331 g/mol. The fourth-order valence-electron chi connectivity index (χ4n) is 3.05. The Bertz CT molecular complexity index is 832. The molecule has 0 amide bonds. The van der Waals surface area contributed by atoms with E-state index in [0.717, 1.165) is 17.9 Å². The first-order valence-corrected chi connectivity index (χ1v) is 8.14. The minimum atomic E-state index is 0.0173. The van der Waals surface area contributed by atoms with Crippen molar-refractivity contribution in [2.45, 2.75) is 18.5 Å². The summed E-state index contributed by atoms with van der Waals surface area (Å²) in [4.78, 5) is 4.33. The van der Waals surface area contributed by atoms with Crippen LogP contribution in [-0.2, 0) is 0 Å². The second-order valence-electron chi connectivity index (χ2n) is 5.55. The lowest BCUT2D eigenvalue weighted by molar-refractivity contribution is 0.431. The van der Waals surface area contributed by atoms with Gasteiger partial charge in [-0.05, 0) is 29.7 Å². The van der Waals surface area contributed by atoms with Crippen molar-refractivity contribution in [3.63, 3.8) is 0 Å². The Kier molecular flexibility index (Phi) is 3.71. The molecule has 0 spiro atoms. The van der Waals surface area contributed by atoms with Gasteiger partial charge in [-0.3, -0.25) is 0 Å². The summed E-state index contributed by atoms with van der Waals surface area (Å²) in [6.45, 7) is 0. The maximum Gasteiger partial charge on any atom is 0.222 e. The number of benzene rings is 2. The fourth-order valence-corrected chi connectivity index (χ4v) is 3.59. The highest BCUT2D eigenvalue weighted by atomic mass is 35.5. The molecule has 0 fully saturated rings. The molecule has 2 heterocycles. The van der Waals surface area contributed by atoms with Gasteiger partial charge < -0.3 is 5.32 Å². The topological polar surface area (TPSA) is 42.7 Å². The number of aromatic nitrogens is 3. The van der Waals surface area contributed by atoms with Gasteiger partial charge in [0.1, 0.15) is 6.33 Å². The highest BCUT2D eigenvalue weighted by molar-refractivity contribution is 6.35. The van der Waals surface area contributed by atoms with Crippen LogP contribution in [0.25, 0.3) is 0 Å². The number of anilines is 1. The third-order valence-electron chi connectivity index (χ3n) is 4.15. The second kappa shape index (κ2) is 5.87. The van der Waals surface area contributed by atoms with Crippen LogP contribution in [-0.4, -0.2) is 14.8 Å². The van der Waals surface area contributed by atoms with Crippen LogP contribution in [0.15, 0.2) is 54.9 Å². The smallest absolute Gasteiger partial charge is 0.222 e. The molecule has 0 unspecified atom stereocenters. The molecule has 6 heteroatoms. The van der Waals surface area contributed by atoms with Crippen molar-refractivity contribution in [2.75, 3.05) is 5.32 Å². The lowest BCUT2D eigenvalue weighted by Gasteiger charge is -2.32. The molecular formula is C17H14Cl2N4.